The van der Waals surface area contributed by atoms with Crippen molar-refractivity contribution in [1.29, 1.82) is 0 Å². The summed E-state index contributed by atoms with van der Waals surface area (Å²) < 4.78 is 11.4. The van der Waals surface area contributed by atoms with Crippen LogP contribution in [-0.2, 0) is 9.47 Å². The number of unbranched alkanes of at least 4 members (excludes halogenated alkanes) is 8. The van der Waals surface area contributed by atoms with E-state index in [-0.39, 0.29) is 18.8 Å². The molecule has 0 spiro atoms. The third kappa shape index (κ3) is 7.98. The molecule has 1 heterocycles. The third-order valence-corrected chi connectivity index (χ3v) is 3.95. The Labute approximate surface area is 130 Å². The molecule has 0 saturated carbocycles. The van der Waals surface area contributed by atoms with Crippen LogP contribution < -0.4 is 0 Å². The van der Waals surface area contributed by atoms with Crippen molar-refractivity contribution >= 4 is 0 Å². The minimum atomic E-state index is -0.582. The lowest BCUT2D eigenvalue weighted by molar-refractivity contribution is -0.146. The maximum absolute atomic E-state index is 9.29. The summed E-state index contributed by atoms with van der Waals surface area (Å²) in [5, 5.41) is 9.29. The molecular formula is C18H34O3. The molecule has 21 heavy (non-hydrogen) atoms. The van der Waals surface area contributed by atoms with E-state index in [1.807, 2.05) is 13.8 Å². The van der Waals surface area contributed by atoms with Crippen LogP contribution in [0.1, 0.15) is 78.6 Å². The van der Waals surface area contributed by atoms with Crippen LogP contribution >= 0.6 is 0 Å². The Balaban J connectivity index is 2.04. The lowest BCUT2D eigenvalue weighted by Crippen LogP contribution is -2.24. The minimum absolute atomic E-state index is 0.0101. The van der Waals surface area contributed by atoms with Gasteiger partial charge in [0.15, 0.2) is 5.79 Å². The van der Waals surface area contributed by atoms with Crippen molar-refractivity contribution in [3.63, 3.8) is 0 Å². The monoisotopic (exact) mass is 298 g/mol. The van der Waals surface area contributed by atoms with Crippen molar-refractivity contribution in [2.45, 2.75) is 96.6 Å². The molecule has 0 aromatic carbocycles. The maximum atomic E-state index is 9.29. The fourth-order valence-electron chi connectivity index (χ4n) is 2.79. The predicted molar refractivity (Wildman–Crippen MR) is 87.3 cm³/mol. The van der Waals surface area contributed by atoms with E-state index in [2.05, 4.69) is 19.1 Å². The van der Waals surface area contributed by atoms with Crippen LogP contribution in [0.3, 0.4) is 0 Å². The molecule has 2 atom stereocenters. The van der Waals surface area contributed by atoms with E-state index in [4.69, 9.17) is 9.47 Å². The van der Waals surface area contributed by atoms with Crippen molar-refractivity contribution in [3.8, 4) is 0 Å². The SMILES string of the molecule is CCCCCCCCCC/C=C/[C@H]1OC(C)(C)O[C@@H]1CO. The van der Waals surface area contributed by atoms with Gasteiger partial charge in [0.1, 0.15) is 12.2 Å². The van der Waals surface area contributed by atoms with Crippen LogP contribution in [0.4, 0.5) is 0 Å². The van der Waals surface area contributed by atoms with Gasteiger partial charge in [0.05, 0.1) is 6.61 Å². The number of rotatable bonds is 11. The highest BCUT2D eigenvalue weighted by molar-refractivity contribution is 4.97. The zero-order valence-electron chi connectivity index (χ0n) is 14.1. The number of hydrogen-bond donors (Lipinski definition) is 1. The fraction of sp³-hybridized carbons (Fsp3) is 0.889. The van der Waals surface area contributed by atoms with Gasteiger partial charge in [-0.1, -0.05) is 64.0 Å². The molecular weight excluding hydrogens is 264 g/mol. The lowest BCUT2D eigenvalue weighted by atomic mass is 10.1. The average molecular weight is 298 g/mol. The number of allylic oxidation sites excluding steroid dienone is 1. The second kappa shape index (κ2) is 10.4. The quantitative estimate of drug-likeness (QED) is 0.448. The molecule has 1 fully saturated rings. The molecule has 0 aliphatic carbocycles. The van der Waals surface area contributed by atoms with Gasteiger partial charge in [-0.2, -0.15) is 0 Å². The largest absolute Gasteiger partial charge is 0.394 e. The Bertz CT molecular complexity index is 286. The number of aliphatic hydroxyl groups is 1. The van der Waals surface area contributed by atoms with Crippen LogP contribution in [0.15, 0.2) is 12.2 Å². The molecule has 1 rings (SSSR count). The standard InChI is InChI=1S/C18H34O3/c1-4-5-6-7-8-9-10-11-12-13-14-16-17(15-19)21-18(2,3)20-16/h13-14,16-17,19H,4-12,15H2,1-3H3/b14-13+/t16-,17-/m1/s1. The van der Waals surface area contributed by atoms with Crippen LogP contribution in [0.2, 0.25) is 0 Å². The maximum Gasteiger partial charge on any atom is 0.164 e. The predicted octanol–water partition coefficient (Wildman–Crippen LogP) is 4.59. The summed E-state index contributed by atoms with van der Waals surface area (Å²) in [5.74, 6) is -0.582. The molecule has 1 N–H and O–H groups in total. The van der Waals surface area contributed by atoms with E-state index in [0.29, 0.717) is 0 Å². The normalized spacial score (nSPS) is 25.0. The summed E-state index contributed by atoms with van der Waals surface area (Å²) >= 11 is 0. The van der Waals surface area contributed by atoms with Gasteiger partial charge in [-0.25, -0.2) is 0 Å². The Morgan fingerprint density at radius 3 is 2.19 bits per heavy atom. The second-order valence-corrected chi connectivity index (χ2v) is 6.51. The zero-order valence-corrected chi connectivity index (χ0v) is 14.1. The van der Waals surface area contributed by atoms with E-state index in [1.54, 1.807) is 0 Å². The summed E-state index contributed by atoms with van der Waals surface area (Å²) in [4.78, 5) is 0. The van der Waals surface area contributed by atoms with Gasteiger partial charge in [0, 0.05) is 0 Å². The van der Waals surface area contributed by atoms with Gasteiger partial charge in [0.25, 0.3) is 0 Å². The molecule has 0 aromatic heterocycles. The molecule has 0 unspecified atom stereocenters. The summed E-state index contributed by atoms with van der Waals surface area (Å²) in [7, 11) is 0. The van der Waals surface area contributed by atoms with Gasteiger partial charge in [-0.3, -0.25) is 0 Å². The smallest absolute Gasteiger partial charge is 0.164 e. The van der Waals surface area contributed by atoms with Gasteiger partial charge < -0.3 is 14.6 Å². The number of hydrogen-bond acceptors (Lipinski definition) is 3. The zero-order chi connectivity index (χ0) is 15.6. The van der Waals surface area contributed by atoms with Gasteiger partial charge in [0.2, 0.25) is 0 Å². The first-order valence-electron chi connectivity index (χ1n) is 8.72. The first-order chi connectivity index (χ1) is 10.1. The van der Waals surface area contributed by atoms with Crippen LogP contribution in [0.5, 0.6) is 0 Å². The van der Waals surface area contributed by atoms with Crippen molar-refractivity contribution in [1.82, 2.24) is 0 Å². The van der Waals surface area contributed by atoms with E-state index < -0.39 is 5.79 Å². The molecule has 1 saturated heterocycles. The first kappa shape index (κ1) is 18.7. The lowest BCUT2D eigenvalue weighted by Gasteiger charge is -2.15. The fourth-order valence-corrected chi connectivity index (χ4v) is 2.79. The second-order valence-electron chi connectivity index (χ2n) is 6.51. The summed E-state index contributed by atoms with van der Waals surface area (Å²) in [5.41, 5.74) is 0. The number of aliphatic hydroxyl groups excluding tert-OH is 1. The first-order valence-corrected chi connectivity index (χ1v) is 8.72. The molecule has 3 nitrogen and oxygen atoms in total. The van der Waals surface area contributed by atoms with Gasteiger partial charge >= 0.3 is 0 Å². The number of ether oxygens (including phenoxy) is 2. The molecule has 1 aliphatic heterocycles. The van der Waals surface area contributed by atoms with Crippen LogP contribution in [0.25, 0.3) is 0 Å². The van der Waals surface area contributed by atoms with Crippen LogP contribution in [-0.4, -0.2) is 29.7 Å². The van der Waals surface area contributed by atoms with Crippen molar-refractivity contribution in [2.75, 3.05) is 6.61 Å². The van der Waals surface area contributed by atoms with Gasteiger partial charge in [-0.05, 0) is 26.7 Å². The highest BCUT2D eigenvalue weighted by Crippen LogP contribution is 2.28. The Morgan fingerprint density at radius 1 is 0.952 bits per heavy atom. The highest BCUT2D eigenvalue weighted by atomic mass is 16.8. The van der Waals surface area contributed by atoms with Crippen LogP contribution in [0, 0.1) is 0 Å². The van der Waals surface area contributed by atoms with Crippen molar-refractivity contribution in [3.05, 3.63) is 12.2 Å². The summed E-state index contributed by atoms with van der Waals surface area (Å²) in [6.45, 7) is 6.05. The molecule has 0 amide bonds. The van der Waals surface area contributed by atoms with Crippen molar-refractivity contribution < 1.29 is 14.6 Å². The molecule has 1 aliphatic rings. The highest BCUT2D eigenvalue weighted by Gasteiger charge is 2.39. The van der Waals surface area contributed by atoms with Gasteiger partial charge in [-0.15, -0.1) is 0 Å². The molecule has 0 radical (unpaired) electrons. The van der Waals surface area contributed by atoms with E-state index in [1.165, 1.54) is 51.4 Å². The Morgan fingerprint density at radius 2 is 1.57 bits per heavy atom. The van der Waals surface area contributed by atoms with E-state index >= 15 is 0 Å². The van der Waals surface area contributed by atoms with E-state index in [9.17, 15) is 5.11 Å². The summed E-state index contributed by atoms with van der Waals surface area (Å²) in [6, 6.07) is 0. The average Bonchev–Trinajstić information content (AvgIpc) is 2.75. The summed E-state index contributed by atoms with van der Waals surface area (Å²) in [6.07, 6.45) is 15.8. The molecule has 0 bridgehead atoms. The molecule has 3 heteroatoms. The minimum Gasteiger partial charge on any atom is -0.394 e. The van der Waals surface area contributed by atoms with E-state index in [0.717, 1.165) is 6.42 Å². The Hall–Kier alpha value is -0.380. The Kier molecular flexibility index (Phi) is 9.21. The third-order valence-electron chi connectivity index (χ3n) is 3.95. The molecule has 124 valence electrons. The molecule has 0 aromatic rings. The topological polar surface area (TPSA) is 38.7 Å². The van der Waals surface area contributed by atoms with Crippen molar-refractivity contribution in [2.24, 2.45) is 0 Å².